The van der Waals surface area contributed by atoms with Crippen molar-refractivity contribution in [1.82, 2.24) is 8.61 Å². The van der Waals surface area contributed by atoms with Crippen LogP contribution >= 0.6 is 0 Å². The molecular weight excluding hydrogens is 725 g/mol. The van der Waals surface area contributed by atoms with Crippen molar-refractivity contribution < 1.29 is 35.8 Å². The van der Waals surface area contributed by atoms with Crippen molar-refractivity contribution in [3.8, 4) is 23.0 Å². The topological polar surface area (TPSA) is 112 Å². The highest BCUT2D eigenvalue weighted by Crippen LogP contribution is 2.24. The Balaban J connectivity index is 0.000000290. The zero-order chi connectivity index (χ0) is 39.7. The van der Waals surface area contributed by atoms with Gasteiger partial charge in [-0.1, -0.05) is 60.7 Å². The highest BCUT2D eigenvalue weighted by molar-refractivity contribution is 7.89. The Morgan fingerprint density at radius 1 is 0.463 bits per heavy atom. The van der Waals surface area contributed by atoms with Gasteiger partial charge in [0.2, 0.25) is 20.0 Å². The molecule has 0 spiro atoms. The molecule has 0 aliphatic heterocycles. The first-order valence-electron chi connectivity index (χ1n) is 17.5. The molecule has 0 heterocycles. The van der Waals surface area contributed by atoms with Gasteiger partial charge < -0.3 is 18.9 Å². The molecule has 10 nitrogen and oxygen atoms in total. The summed E-state index contributed by atoms with van der Waals surface area (Å²) in [5, 5.41) is -1.07. The van der Waals surface area contributed by atoms with E-state index in [0.29, 0.717) is 39.0 Å². The molecule has 0 radical (unpaired) electrons. The Morgan fingerprint density at radius 2 is 0.667 bits per heavy atom. The van der Waals surface area contributed by atoms with Crippen LogP contribution in [-0.4, -0.2) is 64.4 Å². The van der Waals surface area contributed by atoms with E-state index in [4.69, 9.17) is 18.9 Å². The van der Waals surface area contributed by atoms with Crippen LogP contribution < -0.4 is 18.9 Å². The molecule has 54 heavy (non-hydrogen) atoms. The predicted molar refractivity (Wildman–Crippen MR) is 217 cm³/mol. The number of ether oxygens (including phenoxy) is 4. The summed E-state index contributed by atoms with van der Waals surface area (Å²) in [6.45, 7) is 11.9. The molecule has 292 valence electrons. The highest BCUT2D eigenvalue weighted by Gasteiger charge is 2.29. The molecule has 0 saturated carbocycles. The normalized spacial score (nSPS) is 12.6. The van der Waals surface area contributed by atoms with E-state index in [1.807, 2.05) is 97.1 Å². The van der Waals surface area contributed by atoms with Gasteiger partial charge in [-0.15, -0.1) is 13.2 Å². The summed E-state index contributed by atoms with van der Waals surface area (Å²) in [5.74, 6) is 2.96. The van der Waals surface area contributed by atoms with Crippen LogP contribution in [0.4, 0.5) is 0 Å². The Morgan fingerprint density at radius 3 is 0.833 bits per heavy atom. The first kappa shape index (κ1) is 43.8. The van der Waals surface area contributed by atoms with Gasteiger partial charge in [0.1, 0.15) is 23.0 Å². The molecule has 0 N–H and O–H groups in total. The van der Waals surface area contributed by atoms with E-state index < -0.39 is 30.5 Å². The Labute approximate surface area is 322 Å². The third-order valence-corrected chi connectivity index (χ3v) is 13.2. The summed E-state index contributed by atoms with van der Waals surface area (Å²) in [6, 6.07) is 29.7. The zero-order valence-corrected chi connectivity index (χ0v) is 33.8. The van der Waals surface area contributed by atoms with Gasteiger partial charge in [0.05, 0.1) is 38.9 Å². The maximum absolute atomic E-state index is 13.1. The molecule has 2 atom stereocenters. The molecule has 4 rings (SSSR count). The van der Waals surface area contributed by atoms with E-state index in [0.717, 1.165) is 45.3 Å². The molecule has 0 saturated heterocycles. The average molecular weight is 779 g/mol. The van der Waals surface area contributed by atoms with Gasteiger partial charge in [0.25, 0.3) is 0 Å². The van der Waals surface area contributed by atoms with Gasteiger partial charge in [-0.2, -0.15) is 8.61 Å². The van der Waals surface area contributed by atoms with Crippen molar-refractivity contribution in [2.75, 3.05) is 28.4 Å². The van der Waals surface area contributed by atoms with Gasteiger partial charge in [-0.05, 0) is 97.5 Å². The minimum absolute atomic E-state index is 0.292. The van der Waals surface area contributed by atoms with Gasteiger partial charge >= 0.3 is 0 Å². The second-order valence-corrected chi connectivity index (χ2v) is 17.4. The average Bonchev–Trinajstić information content (AvgIpc) is 3.18. The maximum Gasteiger partial charge on any atom is 0.217 e. The summed E-state index contributed by atoms with van der Waals surface area (Å²) in [4.78, 5) is 0. The second-order valence-electron chi connectivity index (χ2n) is 12.7. The van der Waals surface area contributed by atoms with Crippen molar-refractivity contribution in [3.05, 3.63) is 145 Å². The standard InChI is InChI=1S/2C21H27NO4S/c2*1-5-6-17(2)27(23,24)22(15-18-7-11-20(25-3)12-8-18)16-19-9-13-21(26-4)14-10-19/h2*5,7-14,17H,1,6,15-16H2,2-4H3/t2*17-/m10/s1. The molecular formula is C42H54N2O8S2. The van der Waals surface area contributed by atoms with Crippen LogP contribution in [0.25, 0.3) is 0 Å². The summed E-state index contributed by atoms with van der Waals surface area (Å²) in [7, 11) is -0.568. The Kier molecular flexibility index (Phi) is 17.3. The van der Waals surface area contributed by atoms with Crippen LogP contribution in [0.1, 0.15) is 48.9 Å². The Hall–Kier alpha value is -4.62. The van der Waals surface area contributed by atoms with E-state index >= 15 is 0 Å². The van der Waals surface area contributed by atoms with Crippen LogP contribution in [0.15, 0.2) is 122 Å². The lowest BCUT2D eigenvalue weighted by Crippen LogP contribution is -2.36. The smallest absolute Gasteiger partial charge is 0.217 e. The fraction of sp³-hybridized carbons (Fsp3) is 0.333. The summed E-state index contributed by atoms with van der Waals surface area (Å²) in [6.07, 6.45) is 4.09. The molecule has 0 aliphatic rings. The molecule has 4 aromatic carbocycles. The molecule has 0 fully saturated rings. The summed E-state index contributed by atoms with van der Waals surface area (Å²) in [5.41, 5.74) is 3.61. The van der Waals surface area contributed by atoms with Gasteiger partial charge in [0, 0.05) is 26.2 Å². The first-order valence-corrected chi connectivity index (χ1v) is 20.5. The minimum atomic E-state index is -3.49. The first-order chi connectivity index (χ1) is 25.8. The molecule has 0 unspecified atom stereocenters. The van der Waals surface area contributed by atoms with Gasteiger partial charge in [-0.25, -0.2) is 16.8 Å². The van der Waals surface area contributed by atoms with Gasteiger partial charge in [-0.3, -0.25) is 0 Å². The van der Waals surface area contributed by atoms with E-state index in [-0.39, 0.29) is 0 Å². The van der Waals surface area contributed by atoms with Gasteiger partial charge in [0.15, 0.2) is 0 Å². The van der Waals surface area contributed by atoms with Crippen LogP contribution in [0.5, 0.6) is 23.0 Å². The zero-order valence-electron chi connectivity index (χ0n) is 32.2. The number of allylic oxidation sites excluding steroid dienone is 2. The largest absolute Gasteiger partial charge is 0.497 e. The SMILES string of the molecule is C=CC[C@@H](C)S(=O)(=O)N(Cc1ccc(OC)cc1)Cc1ccc(OC)cc1.C=CC[C@H](C)S(=O)(=O)N(Cc1ccc(OC)cc1)Cc1ccc(OC)cc1. The molecule has 0 aliphatic carbocycles. The monoisotopic (exact) mass is 778 g/mol. The van der Waals surface area contributed by atoms with Crippen molar-refractivity contribution in [3.63, 3.8) is 0 Å². The number of sulfonamides is 2. The third-order valence-electron chi connectivity index (χ3n) is 8.81. The number of hydrogen-bond donors (Lipinski definition) is 0. The van der Waals surface area contributed by atoms with Crippen LogP contribution in [0, 0.1) is 0 Å². The summed E-state index contributed by atoms with van der Waals surface area (Å²) < 4.78 is 76.2. The van der Waals surface area contributed by atoms with E-state index in [9.17, 15) is 16.8 Å². The van der Waals surface area contributed by atoms with Crippen molar-refractivity contribution in [2.45, 2.75) is 63.4 Å². The van der Waals surface area contributed by atoms with Crippen molar-refractivity contribution in [1.29, 1.82) is 0 Å². The fourth-order valence-corrected chi connectivity index (χ4v) is 8.52. The third kappa shape index (κ3) is 12.8. The lowest BCUT2D eigenvalue weighted by Gasteiger charge is -2.26. The molecule has 0 amide bonds. The van der Waals surface area contributed by atoms with Crippen molar-refractivity contribution in [2.24, 2.45) is 0 Å². The van der Waals surface area contributed by atoms with E-state index in [2.05, 4.69) is 13.2 Å². The van der Waals surface area contributed by atoms with Crippen LogP contribution in [0.2, 0.25) is 0 Å². The molecule has 0 bridgehead atoms. The maximum atomic E-state index is 13.1. The summed E-state index contributed by atoms with van der Waals surface area (Å²) >= 11 is 0. The van der Waals surface area contributed by atoms with Crippen LogP contribution in [-0.2, 0) is 46.2 Å². The number of hydrogen-bond acceptors (Lipinski definition) is 8. The van der Waals surface area contributed by atoms with E-state index in [1.165, 1.54) is 8.61 Å². The van der Waals surface area contributed by atoms with Crippen LogP contribution in [0.3, 0.4) is 0 Å². The number of methoxy groups -OCH3 is 4. The molecule has 0 aromatic heterocycles. The minimum Gasteiger partial charge on any atom is -0.497 e. The number of rotatable bonds is 20. The second kappa shape index (κ2) is 21.3. The number of nitrogens with zero attached hydrogens (tertiary/aromatic N) is 2. The van der Waals surface area contributed by atoms with E-state index in [1.54, 1.807) is 54.4 Å². The predicted octanol–water partition coefficient (Wildman–Crippen LogP) is 8.00. The fourth-order valence-electron chi connectivity index (χ4n) is 5.43. The molecule has 12 heteroatoms. The van der Waals surface area contributed by atoms with Crippen molar-refractivity contribution >= 4 is 20.0 Å². The number of benzene rings is 4. The Bertz CT molecular complexity index is 1700. The molecule has 4 aromatic rings. The highest BCUT2D eigenvalue weighted by atomic mass is 32.2. The quantitative estimate of drug-likeness (QED) is 0.0831. The lowest BCUT2D eigenvalue weighted by molar-refractivity contribution is 0.392. The lowest BCUT2D eigenvalue weighted by atomic mass is 10.2.